The van der Waals surface area contributed by atoms with Crippen molar-refractivity contribution < 1.29 is 24.4 Å². The molecule has 0 aromatic heterocycles. The van der Waals surface area contributed by atoms with E-state index >= 15 is 0 Å². The van der Waals surface area contributed by atoms with Crippen LogP contribution in [0.2, 0.25) is 0 Å². The third-order valence-electron chi connectivity index (χ3n) is 2.65. The van der Waals surface area contributed by atoms with Gasteiger partial charge in [-0.05, 0) is 26.8 Å². The van der Waals surface area contributed by atoms with Gasteiger partial charge in [0.25, 0.3) is 11.4 Å². The number of isocyanates is 1. The summed E-state index contributed by atoms with van der Waals surface area (Å²) in [5.74, 6) is -1.51. The van der Waals surface area contributed by atoms with E-state index in [1.807, 2.05) is 0 Å². The minimum absolute atomic E-state index is 0.0849. The van der Waals surface area contributed by atoms with E-state index in [9.17, 15) is 24.8 Å². The smallest absolute Gasteiger partial charge is 0.362 e. The van der Waals surface area contributed by atoms with Crippen LogP contribution >= 0.6 is 0 Å². The van der Waals surface area contributed by atoms with E-state index in [0.29, 0.717) is 0 Å². The first kappa shape index (κ1) is 18.3. The quantitative estimate of drug-likeness (QED) is 0.339. The number of carboxylic acids is 1. The van der Waals surface area contributed by atoms with Gasteiger partial charge in [0.1, 0.15) is 5.69 Å². The van der Waals surface area contributed by atoms with Crippen LogP contribution in [0.3, 0.4) is 0 Å². The Balaban J connectivity index is 3.15. The highest BCUT2D eigenvalue weighted by Gasteiger charge is 2.44. The zero-order valence-corrected chi connectivity index (χ0v) is 12.9. The first-order chi connectivity index (χ1) is 10.6. The van der Waals surface area contributed by atoms with E-state index in [2.05, 4.69) is 10.3 Å². The van der Waals surface area contributed by atoms with Crippen LogP contribution in [0.15, 0.2) is 29.3 Å². The number of para-hydroxylation sites is 2. The van der Waals surface area contributed by atoms with Crippen LogP contribution < -0.4 is 5.32 Å². The van der Waals surface area contributed by atoms with Crippen molar-refractivity contribution >= 4 is 23.4 Å². The number of nitrogens with one attached hydrogen (secondary N) is 1. The molecule has 124 valence electrons. The summed E-state index contributed by atoms with van der Waals surface area (Å²) in [5.41, 5.74) is -3.33. The molecule has 0 saturated carbocycles. The van der Waals surface area contributed by atoms with E-state index in [4.69, 9.17) is 4.74 Å². The lowest BCUT2D eigenvalue weighted by Gasteiger charge is -2.32. The normalized spacial score (nSPS) is 13.5. The number of hydrogen-bond acceptors (Lipinski definition) is 7. The van der Waals surface area contributed by atoms with Gasteiger partial charge in [-0.15, -0.1) is 0 Å². The molecule has 0 aliphatic heterocycles. The average molecular weight is 323 g/mol. The van der Waals surface area contributed by atoms with Crippen molar-refractivity contribution in [1.29, 1.82) is 0 Å². The number of anilines is 1. The van der Waals surface area contributed by atoms with Crippen LogP contribution in [0.5, 0.6) is 0 Å². The zero-order chi connectivity index (χ0) is 17.7. The predicted molar refractivity (Wildman–Crippen MR) is 80.9 cm³/mol. The molecule has 0 amide bonds. The maximum Gasteiger partial charge on any atom is 0.362 e. The molecule has 2 N–H and O–H groups in total. The maximum atomic E-state index is 11.6. The minimum atomic E-state index is -2.25. The maximum absolute atomic E-state index is 11.6. The number of aliphatic carboxylic acids is 1. The molecule has 9 nitrogen and oxygen atoms in total. The van der Waals surface area contributed by atoms with Gasteiger partial charge in [-0.3, -0.25) is 10.1 Å². The number of carboxylic acid groups (broad SMARTS) is 1. The molecule has 0 bridgehead atoms. The minimum Gasteiger partial charge on any atom is -0.478 e. The summed E-state index contributed by atoms with van der Waals surface area (Å²) in [5, 5.41) is 23.0. The van der Waals surface area contributed by atoms with Gasteiger partial charge in [0.15, 0.2) is 0 Å². The van der Waals surface area contributed by atoms with E-state index < -0.39 is 28.8 Å². The highest BCUT2D eigenvalue weighted by Crippen LogP contribution is 2.27. The highest BCUT2D eigenvalue weighted by atomic mass is 16.6. The molecule has 9 heteroatoms. The van der Waals surface area contributed by atoms with Crippen LogP contribution in [0, 0.1) is 10.1 Å². The van der Waals surface area contributed by atoms with Gasteiger partial charge in [-0.2, -0.15) is 4.99 Å². The monoisotopic (exact) mass is 323 g/mol. The zero-order valence-electron chi connectivity index (χ0n) is 12.9. The number of aliphatic imine (C=N–C) groups is 1. The molecule has 0 saturated heterocycles. The first-order valence-corrected chi connectivity index (χ1v) is 6.61. The molecule has 1 rings (SSSR count). The molecule has 0 aliphatic carbocycles. The van der Waals surface area contributed by atoms with Crippen LogP contribution in [-0.2, 0) is 14.3 Å². The topological polar surface area (TPSA) is 131 Å². The average Bonchev–Trinajstić information content (AvgIpc) is 2.43. The van der Waals surface area contributed by atoms with Crippen molar-refractivity contribution in [3.05, 3.63) is 34.4 Å². The Hall–Kier alpha value is -2.77. The Morgan fingerprint density at radius 3 is 2.52 bits per heavy atom. The second-order valence-electron chi connectivity index (χ2n) is 5.63. The third kappa shape index (κ3) is 4.87. The standard InChI is InChI=1S/C14H17N3O6/c1-13(2,3)23-14(12(19)20,16-9-18)8-15-10-6-4-5-7-11(10)17(21)22/h4-7,15H,8H2,1-3H3,(H,19,20). The number of hydrogen-bond donors (Lipinski definition) is 2. The van der Waals surface area contributed by atoms with E-state index in [0.717, 1.165) is 0 Å². The fourth-order valence-corrected chi connectivity index (χ4v) is 1.84. The lowest BCUT2D eigenvalue weighted by molar-refractivity contribution is -0.384. The Kier molecular flexibility index (Phi) is 5.56. The molecule has 1 atom stereocenters. The van der Waals surface area contributed by atoms with E-state index in [1.165, 1.54) is 24.3 Å². The second kappa shape index (κ2) is 6.99. The number of nitrogens with zero attached hydrogens (tertiary/aromatic N) is 2. The van der Waals surface area contributed by atoms with Gasteiger partial charge in [0.05, 0.1) is 17.1 Å². The van der Waals surface area contributed by atoms with Crippen LogP contribution in [-0.4, -0.2) is 39.9 Å². The molecule has 0 fully saturated rings. The van der Waals surface area contributed by atoms with Crippen molar-refractivity contribution in [2.75, 3.05) is 11.9 Å². The number of rotatable bonds is 7. The van der Waals surface area contributed by atoms with E-state index in [1.54, 1.807) is 26.8 Å². The van der Waals surface area contributed by atoms with E-state index in [-0.39, 0.29) is 11.4 Å². The number of benzene rings is 1. The largest absolute Gasteiger partial charge is 0.478 e. The summed E-state index contributed by atoms with van der Waals surface area (Å²) in [6.45, 7) is 4.29. The van der Waals surface area contributed by atoms with Gasteiger partial charge in [0, 0.05) is 6.07 Å². The number of carbonyl (C=O) groups is 1. The first-order valence-electron chi connectivity index (χ1n) is 6.61. The summed E-state index contributed by atoms with van der Waals surface area (Å²) in [7, 11) is 0. The molecule has 0 spiro atoms. The van der Waals surface area contributed by atoms with Gasteiger partial charge in [0.2, 0.25) is 6.08 Å². The molecule has 0 radical (unpaired) electrons. The molecular formula is C14H17N3O6. The Labute approximate surface area is 132 Å². The predicted octanol–water partition coefficient (Wildman–Crippen LogP) is 1.94. The third-order valence-corrected chi connectivity index (χ3v) is 2.65. The molecule has 0 heterocycles. The lowest BCUT2D eigenvalue weighted by Crippen LogP contribution is -2.50. The fourth-order valence-electron chi connectivity index (χ4n) is 1.84. The number of nitro benzene ring substituents is 1. The summed E-state index contributed by atoms with van der Waals surface area (Å²) in [4.78, 5) is 35.8. The lowest BCUT2D eigenvalue weighted by atomic mass is 10.1. The number of carbonyl (C=O) groups excluding carboxylic acids is 1. The highest BCUT2D eigenvalue weighted by molar-refractivity contribution is 5.79. The molecule has 23 heavy (non-hydrogen) atoms. The van der Waals surface area contributed by atoms with Gasteiger partial charge >= 0.3 is 5.97 Å². The number of ether oxygens (including phenoxy) is 1. The summed E-state index contributed by atoms with van der Waals surface area (Å²) in [6, 6.07) is 5.69. The van der Waals surface area contributed by atoms with Gasteiger partial charge < -0.3 is 15.2 Å². The Bertz CT molecular complexity index is 644. The summed E-state index contributed by atoms with van der Waals surface area (Å²) >= 11 is 0. The fraction of sp³-hybridized carbons (Fsp3) is 0.429. The molecule has 0 aliphatic rings. The molecular weight excluding hydrogens is 306 g/mol. The SMILES string of the molecule is CC(C)(C)OC(CNc1ccccc1[N+](=O)[O-])(N=C=O)C(=O)O. The van der Waals surface area contributed by atoms with Crippen molar-refractivity contribution in [3.8, 4) is 0 Å². The Morgan fingerprint density at radius 2 is 2.04 bits per heavy atom. The van der Waals surface area contributed by atoms with Crippen LogP contribution in [0.4, 0.5) is 11.4 Å². The number of nitro groups is 1. The van der Waals surface area contributed by atoms with Crippen molar-refractivity contribution in [3.63, 3.8) is 0 Å². The molecule has 1 unspecified atom stereocenters. The van der Waals surface area contributed by atoms with Crippen molar-refractivity contribution in [2.24, 2.45) is 4.99 Å². The second-order valence-corrected chi connectivity index (χ2v) is 5.63. The van der Waals surface area contributed by atoms with Gasteiger partial charge in [-0.1, -0.05) is 12.1 Å². The molecule has 1 aromatic rings. The summed E-state index contributed by atoms with van der Waals surface area (Å²) < 4.78 is 5.39. The van der Waals surface area contributed by atoms with Gasteiger partial charge in [-0.25, -0.2) is 9.59 Å². The summed E-state index contributed by atoms with van der Waals surface area (Å²) in [6.07, 6.45) is 1.18. The van der Waals surface area contributed by atoms with Crippen LogP contribution in [0.1, 0.15) is 20.8 Å². The Morgan fingerprint density at radius 1 is 1.43 bits per heavy atom. The van der Waals surface area contributed by atoms with Crippen molar-refractivity contribution in [2.45, 2.75) is 32.1 Å². The molecule has 1 aromatic carbocycles. The van der Waals surface area contributed by atoms with Crippen LogP contribution in [0.25, 0.3) is 0 Å². The van der Waals surface area contributed by atoms with Crippen molar-refractivity contribution in [1.82, 2.24) is 0 Å².